The minimum absolute atomic E-state index is 0.232. The highest BCUT2D eigenvalue weighted by Crippen LogP contribution is 2.33. The fourth-order valence-electron chi connectivity index (χ4n) is 7.74. The second-order valence-corrected chi connectivity index (χ2v) is 18.3. The molecule has 0 radical (unpaired) electrons. The number of para-hydroxylation sites is 4. The van der Waals surface area contributed by atoms with Gasteiger partial charge in [0.15, 0.2) is 9.92 Å². The molecule has 0 bridgehead atoms. The van der Waals surface area contributed by atoms with Crippen LogP contribution in [0.2, 0.25) is 0 Å². The third kappa shape index (κ3) is 9.72. The average molecular weight is 883 g/mol. The molecule has 2 fully saturated rings. The number of piperazine rings is 2. The van der Waals surface area contributed by atoms with Gasteiger partial charge in [0.05, 0.1) is 45.7 Å². The lowest BCUT2D eigenvalue weighted by atomic mass is 10.1. The number of thiazole rings is 2. The zero-order chi connectivity index (χ0) is 43.5. The maximum Gasteiger partial charge on any atom is 0.410 e. The first-order valence-electron chi connectivity index (χ1n) is 21.1. The molecule has 2 aliphatic rings. The smallest absolute Gasteiger partial charge is 0.410 e. The number of amides is 2. The van der Waals surface area contributed by atoms with E-state index in [1.807, 2.05) is 93.6 Å². The molecule has 7 heterocycles. The average Bonchev–Trinajstić information content (AvgIpc) is 4.07. The lowest BCUT2D eigenvalue weighted by Crippen LogP contribution is -2.49. The maximum atomic E-state index is 13.0. The molecular weight excluding hydrogens is 833 g/mol. The van der Waals surface area contributed by atoms with Gasteiger partial charge in [-0.2, -0.15) is 0 Å². The quantitative estimate of drug-likeness (QED) is 0.131. The maximum absolute atomic E-state index is 13.0. The second-order valence-electron chi connectivity index (χ2n) is 16.6. The number of nitrogens with zero attached hydrogens (tertiary/aromatic N) is 9. The molecule has 4 N–H and O–H groups in total. The van der Waals surface area contributed by atoms with Gasteiger partial charge >= 0.3 is 6.09 Å². The molecule has 17 heteroatoms. The number of hydrogen-bond donors (Lipinski definition) is 3. The molecule has 0 spiro atoms. The summed E-state index contributed by atoms with van der Waals surface area (Å²) in [6.07, 6.45) is 5.48. The van der Waals surface area contributed by atoms with Gasteiger partial charge in [-0.05, 0) is 45.0 Å². The minimum atomic E-state index is -0.462. The highest BCUT2D eigenvalue weighted by molar-refractivity contribution is 7.15. The number of hydrogen-bond acceptors (Lipinski definition) is 13. The lowest BCUT2D eigenvalue weighted by Gasteiger charge is -2.35. The van der Waals surface area contributed by atoms with Crippen LogP contribution in [0.15, 0.2) is 102 Å². The molecule has 0 aliphatic carbocycles. The zero-order valence-corrected chi connectivity index (χ0v) is 37.2. The first kappa shape index (κ1) is 42.1. The van der Waals surface area contributed by atoms with Crippen LogP contribution in [0, 0.1) is 0 Å². The van der Waals surface area contributed by atoms with E-state index < -0.39 is 5.60 Å². The molecule has 2 saturated heterocycles. The molecule has 8 aromatic rings. The first-order valence-corrected chi connectivity index (χ1v) is 22.8. The van der Waals surface area contributed by atoms with E-state index in [0.29, 0.717) is 18.6 Å². The molecule has 0 saturated carbocycles. The number of carbonyl (C=O) groups is 2. The fourth-order valence-corrected chi connectivity index (χ4v) is 9.53. The van der Waals surface area contributed by atoms with Gasteiger partial charge in [0.25, 0.3) is 5.91 Å². The Hall–Kier alpha value is -6.24. The highest BCUT2D eigenvalue weighted by Gasteiger charge is 2.26. The number of aromatic nitrogens is 6. The van der Waals surface area contributed by atoms with E-state index in [1.54, 1.807) is 27.6 Å². The summed E-state index contributed by atoms with van der Waals surface area (Å²) in [7, 11) is 0. The van der Waals surface area contributed by atoms with Crippen LogP contribution < -0.4 is 16.4 Å². The van der Waals surface area contributed by atoms with Gasteiger partial charge in [0.1, 0.15) is 11.3 Å². The second kappa shape index (κ2) is 18.2. The van der Waals surface area contributed by atoms with E-state index >= 15 is 0 Å². The summed E-state index contributed by atoms with van der Waals surface area (Å²) >= 11 is 3.22. The van der Waals surface area contributed by atoms with E-state index in [1.165, 1.54) is 6.20 Å². The number of ether oxygens (including phenoxy) is 1. The number of rotatable bonds is 8. The molecular formula is C46H50N12O3S2. The Bertz CT molecular complexity index is 2880. The number of nitrogen functional groups attached to an aromatic ring is 1. The lowest BCUT2D eigenvalue weighted by molar-refractivity contribution is 0.0138. The Kier molecular flexibility index (Phi) is 12.2. The number of nitrogens with one attached hydrogen (secondary N) is 2. The van der Waals surface area contributed by atoms with Gasteiger partial charge in [-0.15, -0.1) is 22.7 Å². The third-order valence-corrected chi connectivity index (χ3v) is 12.6. The van der Waals surface area contributed by atoms with E-state index in [0.717, 1.165) is 113 Å². The molecule has 324 valence electrons. The van der Waals surface area contributed by atoms with Crippen LogP contribution in [0.25, 0.3) is 43.5 Å². The van der Waals surface area contributed by atoms with Gasteiger partial charge in [-0.3, -0.25) is 28.4 Å². The number of carbonyl (C=O) groups excluding carboxylic acids is 2. The first-order chi connectivity index (χ1) is 30.5. The van der Waals surface area contributed by atoms with Crippen molar-refractivity contribution in [1.29, 1.82) is 0 Å². The molecule has 2 aliphatic heterocycles. The molecule has 0 unspecified atom stereocenters. The summed E-state index contributed by atoms with van der Waals surface area (Å²) in [4.78, 5) is 52.1. The van der Waals surface area contributed by atoms with Crippen molar-refractivity contribution in [2.75, 3.05) is 63.4 Å². The fraction of sp³-hybridized carbons (Fsp3) is 0.304. The number of imidazole rings is 2. The van der Waals surface area contributed by atoms with E-state index in [4.69, 9.17) is 20.4 Å². The predicted octanol–water partition coefficient (Wildman–Crippen LogP) is 7.36. The summed E-state index contributed by atoms with van der Waals surface area (Å²) in [6.45, 7) is 14.3. The SMILES string of the molecule is CC(C)(C)OC(=O)N1CCN(Cc2cn3c(-c4ccccc4N)csc3n2)CC1.O=C(Nc1ccccc1-c1csc2nc(CN3CCNCC3)cn12)c1cnc2ccccc2n1. The van der Waals surface area contributed by atoms with Crippen LogP contribution in [0.5, 0.6) is 0 Å². The Morgan fingerprint density at radius 1 is 0.730 bits per heavy atom. The largest absolute Gasteiger partial charge is 0.444 e. The zero-order valence-electron chi connectivity index (χ0n) is 35.5. The van der Waals surface area contributed by atoms with Gasteiger partial charge < -0.3 is 26.0 Å². The highest BCUT2D eigenvalue weighted by atomic mass is 32.1. The summed E-state index contributed by atoms with van der Waals surface area (Å²) < 4.78 is 9.70. The van der Waals surface area contributed by atoms with Crippen molar-refractivity contribution in [2.45, 2.75) is 39.5 Å². The predicted molar refractivity (Wildman–Crippen MR) is 250 cm³/mol. The van der Waals surface area contributed by atoms with Crippen molar-refractivity contribution in [1.82, 2.24) is 48.8 Å². The number of benzene rings is 3. The van der Waals surface area contributed by atoms with Gasteiger partial charge in [-0.1, -0.05) is 48.5 Å². The topological polar surface area (TPSA) is 164 Å². The molecule has 3 aromatic carbocycles. The van der Waals surface area contributed by atoms with Crippen LogP contribution in [-0.4, -0.2) is 113 Å². The minimum Gasteiger partial charge on any atom is -0.444 e. The summed E-state index contributed by atoms with van der Waals surface area (Å²) in [6, 6.07) is 23.2. The molecule has 15 nitrogen and oxygen atoms in total. The third-order valence-electron chi connectivity index (χ3n) is 10.9. The molecule has 63 heavy (non-hydrogen) atoms. The van der Waals surface area contributed by atoms with Crippen molar-refractivity contribution < 1.29 is 14.3 Å². The van der Waals surface area contributed by atoms with Gasteiger partial charge in [-0.25, -0.2) is 19.7 Å². The van der Waals surface area contributed by atoms with Crippen LogP contribution in [0.3, 0.4) is 0 Å². The Balaban J connectivity index is 0.000000162. The molecule has 0 atom stereocenters. The van der Waals surface area contributed by atoms with E-state index in [9.17, 15) is 9.59 Å². The monoisotopic (exact) mass is 882 g/mol. The van der Waals surface area contributed by atoms with Crippen LogP contribution in [0.4, 0.5) is 16.2 Å². The van der Waals surface area contributed by atoms with E-state index in [-0.39, 0.29) is 17.7 Å². The normalized spacial score (nSPS) is 15.1. The Morgan fingerprint density at radius 3 is 1.95 bits per heavy atom. The number of fused-ring (bicyclic) bond motifs is 3. The van der Waals surface area contributed by atoms with Crippen LogP contribution in [0.1, 0.15) is 42.6 Å². The van der Waals surface area contributed by atoms with Crippen LogP contribution in [-0.2, 0) is 17.8 Å². The van der Waals surface area contributed by atoms with Crippen LogP contribution >= 0.6 is 22.7 Å². The van der Waals surface area contributed by atoms with Gasteiger partial charge in [0.2, 0.25) is 0 Å². The van der Waals surface area contributed by atoms with Crippen molar-refractivity contribution in [3.8, 4) is 22.5 Å². The van der Waals surface area contributed by atoms with Crippen molar-refractivity contribution in [3.63, 3.8) is 0 Å². The number of anilines is 2. The Morgan fingerprint density at radius 2 is 1.30 bits per heavy atom. The van der Waals surface area contributed by atoms with Crippen molar-refractivity contribution >= 4 is 67.0 Å². The molecule has 2 amide bonds. The number of nitrogens with two attached hydrogens (primary N) is 1. The Labute approximate surface area is 373 Å². The van der Waals surface area contributed by atoms with Gasteiger partial charge in [0, 0.05) is 105 Å². The molecule has 10 rings (SSSR count). The van der Waals surface area contributed by atoms with E-state index in [2.05, 4.69) is 62.4 Å². The summed E-state index contributed by atoms with van der Waals surface area (Å²) in [5.74, 6) is -0.290. The van der Waals surface area contributed by atoms with Crippen molar-refractivity contribution in [3.05, 3.63) is 119 Å². The summed E-state index contributed by atoms with van der Waals surface area (Å²) in [5, 5.41) is 10.6. The summed E-state index contributed by atoms with van der Waals surface area (Å²) in [5.41, 5.74) is 15.0. The standard InChI is InChI=1S/C25H23N7OS.C21H27N5O2S/c33-24(22-13-27-20-7-3-4-8-21(20)29-22)30-19-6-2-1-5-18(19)23-16-34-25-28-17(15-32(23)25)14-31-11-9-26-10-12-31;1-21(2,3)28-20(27)25-10-8-24(9-11-25)12-15-13-26-18(14-29-19(26)23-15)16-6-4-5-7-17(16)22/h1-8,13,15-16,26H,9-12,14H2,(H,30,33);4-7,13-14H,8-12,22H2,1-3H3. The molecule has 5 aromatic heterocycles. The van der Waals surface area contributed by atoms with Crippen molar-refractivity contribution in [2.24, 2.45) is 0 Å².